The third-order valence-electron chi connectivity index (χ3n) is 4.69. The maximum Gasteiger partial charge on any atom is 0.208 e. The van der Waals surface area contributed by atoms with Gasteiger partial charge in [-0.1, -0.05) is 51.0 Å². The second-order valence-corrected chi connectivity index (χ2v) is 7.52. The molecule has 5 heteroatoms. The Morgan fingerprint density at radius 2 is 2.08 bits per heavy atom. The van der Waals surface area contributed by atoms with E-state index < -0.39 is 0 Å². The van der Waals surface area contributed by atoms with Gasteiger partial charge in [-0.05, 0) is 48.0 Å². The van der Waals surface area contributed by atoms with E-state index in [0.29, 0.717) is 0 Å². The van der Waals surface area contributed by atoms with Crippen molar-refractivity contribution in [2.24, 2.45) is 5.10 Å². The largest absolute Gasteiger partial charge is 0.293 e. The van der Waals surface area contributed by atoms with Gasteiger partial charge in [0.05, 0.1) is 5.69 Å². The maximum atomic E-state index is 4.48. The predicted molar refractivity (Wildman–Crippen MR) is 103 cm³/mol. The van der Waals surface area contributed by atoms with E-state index >= 15 is 0 Å². The van der Waals surface area contributed by atoms with Crippen molar-refractivity contribution in [3.63, 3.8) is 0 Å². The minimum absolute atomic E-state index is 0.240. The van der Waals surface area contributed by atoms with Crippen LogP contribution >= 0.6 is 11.8 Å². The van der Waals surface area contributed by atoms with E-state index in [-0.39, 0.29) is 6.17 Å². The normalized spacial score (nSPS) is 18.7. The van der Waals surface area contributed by atoms with Crippen LogP contribution in [0.2, 0.25) is 0 Å². The number of hydrogen-bond donors (Lipinski definition) is 2. The lowest BCUT2D eigenvalue weighted by molar-refractivity contribution is 0.324. The molecule has 2 heterocycles. The first kappa shape index (κ1) is 15.6. The molecule has 4 nitrogen and oxygen atoms in total. The number of hydrazone groups is 1. The fourth-order valence-corrected chi connectivity index (χ4v) is 4.31. The van der Waals surface area contributed by atoms with Gasteiger partial charge in [0.25, 0.3) is 0 Å². The number of hydrazine groups is 1. The standard InChI is InChI=1S/C19H24N4S/c1-3-5-7-13-8-10-15-14(12-13)9-11-16-18(15)22-23-17(6-4-2)20-21-19(23)24-16/h8-12,17,20,22H,3-7H2,1-2H3. The van der Waals surface area contributed by atoms with E-state index in [4.69, 9.17) is 0 Å². The average Bonchev–Trinajstić information content (AvgIpc) is 3.00. The molecule has 0 spiro atoms. The molecule has 4 rings (SSSR count). The molecule has 2 aromatic rings. The van der Waals surface area contributed by atoms with Gasteiger partial charge in [0.1, 0.15) is 6.17 Å². The molecule has 2 N–H and O–H groups in total. The molecule has 0 aliphatic carbocycles. The topological polar surface area (TPSA) is 39.7 Å². The molecule has 2 aromatic carbocycles. The molecule has 2 aliphatic heterocycles. The number of fused-ring (bicyclic) bond motifs is 4. The highest BCUT2D eigenvalue weighted by Gasteiger charge is 2.33. The zero-order valence-electron chi connectivity index (χ0n) is 14.3. The third-order valence-corrected chi connectivity index (χ3v) is 5.72. The molecule has 0 bridgehead atoms. The van der Waals surface area contributed by atoms with Gasteiger partial charge in [-0.2, -0.15) is 5.10 Å². The number of unbranched alkanes of at least 4 members (excludes halogenated alkanes) is 1. The van der Waals surface area contributed by atoms with Crippen LogP contribution in [-0.2, 0) is 6.42 Å². The number of nitrogens with one attached hydrogen (secondary N) is 2. The zero-order chi connectivity index (χ0) is 16.5. The van der Waals surface area contributed by atoms with Gasteiger partial charge in [-0.15, -0.1) is 0 Å². The maximum absolute atomic E-state index is 4.48. The van der Waals surface area contributed by atoms with Crippen molar-refractivity contribution in [2.45, 2.75) is 57.0 Å². The van der Waals surface area contributed by atoms with E-state index in [1.54, 1.807) is 11.8 Å². The Kier molecular flexibility index (Phi) is 4.27. The van der Waals surface area contributed by atoms with Crippen LogP contribution in [0.25, 0.3) is 10.8 Å². The van der Waals surface area contributed by atoms with Gasteiger partial charge in [-0.25, -0.2) is 5.01 Å². The van der Waals surface area contributed by atoms with Crippen LogP contribution in [0, 0.1) is 0 Å². The smallest absolute Gasteiger partial charge is 0.208 e. The molecule has 126 valence electrons. The Labute approximate surface area is 147 Å². The number of rotatable bonds is 5. The third kappa shape index (κ3) is 2.71. The Morgan fingerprint density at radius 3 is 2.92 bits per heavy atom. The summed E-state index contributed by atoms with van der Waals surface area (Å²) in [4.78, 5) is 1.25. The van der Waals surface area contributed by atoms with Crippen molar-refractivity contribution < 1.29 is 0 Å². The van der Waals surface area contributed by atoms with Gasteiger partial charge in [0.2, 0.25) is 5.17 Å². The molecule has 0 amide bonds. The summed E-state index contributed by atoms with van der Waals surface area (Å²) in [5.41, 5.74) is 9.51. The highest BCUT2D eigenvalue weighted by atomic mass is 32.2. The number of anilines is 1. The molecular formula is C19H24N4S. The molecule has 0 saturated heterocycles. The van der Waals surface area contributed by atoms with Crippen LogP contribution in [0.5, 0.6) is 0 Å². The van der Waals surface area contributed by atoms with Gasteiger partial charge in [0.15, 0.2) is 0 Å². The van der Waals surface area contributed by atoms with E-state index in [1.165, 1.54) is 39.8 Å². The number of amidine groups is 1. The van der Waals surface area contributed by atoms with Crippen molar-refractivity contribution in [1.29, 1.82) is 0 Å². The van der Waals surface area contributed by atoms with Crippen molar-refractivity contribution in [1.82, 2.24) is 10.4 Å². The average molecular weight is 340 g/mol. The highest BCUT2D eigenvalue weighted by molar-refractivity contribution is 8.14. The van der Waals surface area contributed by atoms with E-state index in [2.05, 4.69) is 65.1 Å². The quantitative estimate of drug-likeness (QED) is 0.810. The highest BCUT2D eigenvalue weighted by Crippen LogP contribution is 2.41. The van der Waals surface area contributed by atoms with Crippen LogP contribution in [0.3, 0.4) is 0 Å². The Hall–Kier alpha value is -1.88. The molecule has 0 fully saturated rings. The lowest BCUT2D eigenvalue weighted by Gasteiger charge is -2.33. The lowest BCUT2D eigenvalue weighted by Crippen LogP contribution is -2.44. The van der Waals surface area contributed by atoms with Crippen LogP contribution in [-0.4, -0.2) is 16.3 Å². The molecule has 0 radical (unpaired) electrons. The monoisotopic (exact) mass is 340 g/mol. The molecule has 2 aliphatic rings. The first-order valence-corrected chi connectivity index (χ1v) is 9.74. The van der Waals surface area contributed by atoms with Crippen molar-refractivity contribution in [3.05, 3.63) is 35.9 Å². The Balaban J connectivity index is 1.68. The first-order valence-electron chi connectivity index (χ1n) is 8.92. The Bertz CT molecular complexity index is 786. The van der Waals surface area contributed by atoms with Gasteiger partial charge < -0.3 is 0 Å². The van der Waals surface area contributed by atoms with Crippen molar-refractivity contribution >= 4 is 33.4 Å². The van der Waals surface area contributed by atoms with E-state index in [0.717, 1.165) is 24.4 Å². The van der Waals surface area contributed by atoms with Crippen molar-refractivity contribution in [3.8, 4) is 0 Å². The molecule has 0 saturated carbocycles. The summed E-state index contributed by atoms with van der Waals surface area (Å²) in [6.07, 6.45) is 6.10. The minimum atomic E-state index is 0.240. The summed E-state index contributed by atoms with van der Waals surface area (Å²) in [5.74, 6) is 0. The second kappa shape index (κ2) is 6.55. The number of thioether (sulfide) groups is 1. The zero-order valence-corrected chi connectivity index (χ0v) is 15.1. The summed E-state index contributed by atoms with van der Waals surface area (Å²) in [6, 6.07) is 11.3. The predicted octanol–water partition coefficient (Wildman–Crippen LogP) is 4.92. The van der Waals surface area contributed by atoms with Crippen LogP contribution in [0.1, 0.15) is 45.1 Å². The minimum Gasteiger partial charge on any atom is -0.293 e. The number of nitrogens with zero attached hydrogens (tertiary/aromatic N) is 2. The SMILES string of the molecule is CCCCc1ccc2c3c(ccc2c1)SC1=NNC(CCC)N1N3. The molecule has 0 aromatic heterocycles. The molecule has 1 atom stereocenters. The molecule has 24 heavy (non-hydrogen) atoms. The molecule has 1 unspecified atom stereocenters. The second-order valence-electron chi connectivity index (χ2n) is 6.51. The Morgan fingerprint density at radius 1 is 1.17 bits per heavy atom. The summed E-state index contributed by atoms with van der Waals surface area (Å²) in [5, 5.41) is 10.3. The van der Waals surface area contributed by atoms with Crippen LogP contribution in [0.15, 0.2) is 40.3 Å². The fraction of sp³-hybridized carbons (Fsp3) is 0.421. The number of aryl methyl sites for hydroxylation is 1. The van der Waals surface area contributed by atoms with E-state index in [1.807, 2.05) is 0 Å². The summed E-state index contributed by atoms with van der Waals surface area (Å²) < 4.78 is 0. The van der Waals surface area contributed by atoms with E-state index in [9.17, 15) is 0 Å². The number of benzene rings is 2. The fourth-order valence-electron chi connectivity index (χ4n) is 3.35. The summed E-state index contributed by atoms with van der Waals surface area (Å²) in [6.45, 7) is 4.45. The van der Waals surface area contributed by atoms with Gasteiger partial charge >= 0.3 is 0 Å². The van der Waals surface area contributed by atoms with Gasteiger partial charge in [-0.3, -0.25) is 10.9 Å². The van der Waals surface area contributed by atoms with Crippen LogP contribution in [0.4, 0.5) is 5.69 Å². The van der Waals surface area contributed by atoms with Crippen molar-refractivity contribution in [2.75, 3.05) is 5.43 Å². The molecular weight excluding hydrogens is 316 g/mol. The number of hydrogen-bond acceptors (Lipinski definition) is 5. The van der Waals surface area contributed by atoms with Gasteiger partial charge in [0, 0.05) is 10.3 Å². The lowest BCUT2D eigenvalue weighted by atomic mass is 10.0. The summed E-state index contributed by atoms with van der Waals surface area (Å²) >= 11 is 1.74. The van der Waals surface area contributed by atoms with Crippen LogP contribution < -0.4 is 10.9 Å². The summed E-state index contributed by atoms with van der Waals surface area (Å²) in [7, 11) is 0. The first-order chi connectivity index (χ1) is 11.8.